The first-order valence-corrected chi connectivity index (χ1v) is 7.99. The minimum atomic E-state index is -3.65. The number of rotatable bonds is 3. The minimum Gasteiger partial charge on any atom is -0.276 e. The van der Waals surface area contributed by atoms with Crippen LogP contribution < -0.4 is 4.72 Å². The van der Waals surface area contributed by atoms with E-state index < -0.39 is 10.0 Å². The lowest BCUT2D eigenvalue weighted by Gasteiger charge is -2.09. The number of nitrogens with zero attached hydrogens (tertiary/aromatic N) is 1. The number of aromatic amines is 1. The summed E-state index contributed by atoms with van der Waals surface area (Å²) in [4.78, 5) is 0.264. The first-order valence-electron chi connectivity index (χ1n) is 6.50. The number of aryl methyl sites for hydroxylation is 2. The van der Waals surface area contributed by atoms with E-state index >= 15 is 0 Å². The van der Waals surface area contributed by atoms with Gasteiger partial charge in [0.2, 0.25) is 0 Å². The van der Waals surface area contributed by atoms with Gasteiger partial charge in [-0.05, 0) is 37.6 Å². The summed E-state index contributed by atoms with van der Waals surface area (Å²) >= 11 is 0. The van der Waals surface area contributed by atoms with Crippen molar-refractivity contribution in [1.29, 1.82) is 0 Å². The van der Waals surface area contributed by atoms with Gasteiger partial charge >= 0.3 is 0 Å². The molecule has 0 amide bonds. The van der Waals surface area contributed by atoms with E-state index in [1.165, 1.54) is 0 Å². The molecule has 0 aliphatic heterocycles. The highest BCUT2D eigenvalue weighted by molar-refractivity contribution is 7.92. The molecule has 2 aromatic carbocycles. The quantitative estimate of drug-likeness (QED) is 0.781. The van der Waals surface area contributed by atoms with Gasteiger partial charge in [-0.1, -0.05) is 29.8 Å². The third-order valence-corrected chi connectivity index (χ3v) is 4.82. The fourth-order valence-corrected chi connectivity index (χ4v) is 3.57. The molecule has 0 aliphatic carbocycles. The van der Waals surface area contributed by atoms with Crippen molar-refractivity contribution in [1.82, 2.24) is 10.2 Å². The Labute approximate surface area is 123 Å². The summed E-state index contributed by atoms with van der Waals surface area (Å²) in [5.41, 5.74) is 2.52. The topological polar surface area (TPSA) is 74.8 Å². The molecule has 0 saturated carbocycles. The van der Waals surface area contributed by atoms with Crippen molar-refractivity contribution >= 4 is 26.7 Å². The first kappa shape index (κ1) is 13.6. The summed E-state index contributed by atoms with van der Waals surface area (Å²) < 4.78 is 27.6. The molecular weight excluding hydrogens is 286 g/mol. The molecule has 0 atom stereocenters. The van der Waals surface area contributed by atoms with Gasteiger partial charge in [-0.15, -0.1) is 0 Å². The molecule has 3 rings (SSSR count). The molecule has 0 radical (unpaired) electrons. The van der Waals surface area contributed by atoms with Crippen LogP contribution in [-0.2, 0) is 10.0 Å². The van der Waals surface area contributed by atoms with E-state index in [9.17, 15) is 8.42 Å². The molecule has 0 aliphatic rings. The van der Waals surface area contributed by atoms with Crippen LogP contribution in [0.2, 0.25) is 0 Å². The molecule has 1 aromatic heterocycles. The fraction of sp³-hybridized carbons (Fsp3) is 0.133. The summed E-state index contributed by atoms with van der Waals surface area (Å²) in [6, 6.07) is 12.6. The van der Waals surface area contributed by atoms with Crippen molar-refractivity contribution in [2.45, 2.75) is 18.7 Å². The van der Waals surface area contributed by atoms with Crippen LogP contribution in [0.5, 0.6) is 0 Å². The maximum Gasteiger partial charge on any atom is 0.263 e. The Kier molecular flexibility index (Phi) is 3.17. The van der Waals surface area contributed by atoms with Crippen LogP contribution in [0.3, 0.4) is 0 Å². The van der Waals surface area contributed by atoms with Gasteiger partial charge in [0.15, 0.2) is 5.82 Å². The number of aromatic nitrogens is 2. The highest BCUT2D eigenvalue weighted by atomic mass is 32.2. The number of H-pyrrole nitrogens is 1. The third-order valence-electron chi connectivity index (χ3n) is 3.32. The van der Waals surface area contributed by atoms with Crippen molar-refractivity contribution in [2.75, 3.05) is 4.72 Å². The molecular formula is C15H15N3O2S. The molecule has 5 nitrogen and oxygen atoms in total. The molecule has 3 aromatic rings. The normalized spacial score (nSPS) is 11.7. The standard InChI is InChI=1S/C15H15N3O2S/c1-10-7-8-14(11(2)9-10)21(19,20)18-15-12-5-3-4-6-13(12)16-17-15/h3-9H,1-2H3,(H2,16,17,18). The highest BCUT2D eigenvalue weighted by Crippen LogP contribution is 2.24. The zero-order valence-electron chi connectivity index (χ0n) is 11.7. The number of para-hydroxylation sites is 1. The molecule has 1 heterocycles. The molecule has 2 N–H and O–H groups in total. The van der Waals surface area contributed by atoms with E-state index in [4.69, 9.17) is 0 Å². The van der Waals surface area contributed by atoms with Crippen molar-refractivity contribution in [3.8, 4) is 0 Å². The SMILES string of the molecule is Cc1ccc(S(=O)(=O)Nc2n[nH]c3ccccc23)c(C)c1. The van der Waals surface area contributed by atoms with E-state index in [1.807, 2.05) is 37.3 Å². The molecule has 108 valence electrons. The number of fused-ring (bicyclic) bond motifs is 1. The Bertz CT molecular complexity index is 914. The number of nitrogens with one attached hydrogen (secondary N) is 2. The average Bonchev–Trinajstić information content (AvgIpc) is 2.81. The van der Waals surface area contributed by atoms with E-state index in [1.54, 1.807) is 19.1 Å². The zero-order chi connectivity index (χ0) is 15.0. The summed E-state index contributed by atoms with van der Waals surface area (Å²) in [6.07, 6.45) is 0. The van der Waals surface area contributed by atoms with Gasteiger partial charge in [0.1, 0.15) is 0 Å². The van der Waals surface area contributed by atoms with Crippen molar-refractivity contribution in [2.24, 2.45) is 0 Å². The van der Waals surface area contributed by atoms with Crippen LogP contribution in [0.25, 0.3) is 10.9 Å². The second-order valence-electron chi connectivity index (χ2n) is 4.99. The average molecular weight is 301 g/mol. The third kappa shape index (κ3) is 2.50. The minimum absolute atomic E-state index is 0.264. The number of sulfonamides is 1. The van der Waals surface area contributed by atoms with Gasteiger partial charge in [0.25, 0.3) is 10.0 Å². The molecule has 0 fully saturated rings. The lowest BCUT2D eigenvalue weighted by molar-refractivity contribution is 0.600. The number of hydrogen-bond acceptors (Lipinski definition) is 3. The van der Waals surface area contributed by atoms with Gasteiger partial charge in [0.05, 0.1) is 10.4 Å². The Morgan fingerprint density at radius 1 is 1.10 bits per heavy atom. The number of hydrogen-bond donors (Lipinski definition) is 2. The largest absolute Gasteiger partial charge is 0.276 e. The monoisotopic (exact) mass is 301 g/mol. The van der Waals surface area contributed by atoms with Gasteiger partial charge in [-0.25, -0.2) is 8.42 Å². The first-order chi connectivity index (χ1) is 9.97. The van der Waals surface area contributed by atoms with E-state index in [0.717, 1.165) is 16.5 Å². The summed E-state index contributed by atoms with van der Waals surface area (Å²) in [5.74, 6) is 0.311. The summed E-state index contributed by atoms with van der Waals surface area (Å²) in [5, 5.41) is 7.59. The molecule has 0 bridgehead atoms. The van der Waals surface area contributed by atoms with Gasteiger partial charge in [-0.2, -0.15) is 5.10 Å². The van der Waals surface area contributed by atoms with Crippen LogP contribution in [0.15, 0.2) is 47.4 Å². The van der Waals surface area contributed by atoms with E-state index in [2.05, 4.69) is 14.9 Å². The van der Waals surface area contributed by atoms with Crippen molar-refractivity contribution in [3.63, 3.8) is 0 Å². The van der Waals surface area contributed by atoms with Crippen LogP contribution in [-0.4, -0.2) is 18.6 Å². The molecule has 0 unspecified atom stereocenters. The fourth-order valence-electron chi connectivity index (χ4n) is 2.32. The van der Waals surface area contributed by atoms with Crippen LogP contribution in [0.4, 0.5) is 5.82 Å². The highest BCUT2D eigenvalue weighted by Gasteiger charge is 2.19. The molecule has 0 spiro atoms. The predicted molar refractivity (Wildman–Crippen MR) is 82.8 cm³/mol. The Hall–Kier alpha value is -2.34. The lowest BCUT2D eigenvalue weighted by atomic mass is 10.2. The predicted octanol–water partition coefficient (Wildman–Crippen LogP) is 2.98. The Balaban J connectivity index is 2.03. The summed E-state index contributed by atoms with van der Waals surface area (Å²) in [7, 11) is -3.65. The smallest absolute Gasteiger partial charge is 0.263 e. The molecule has 21 heavy (non-hydrogen) atoms. The molecule has 6 heteroatoms. The van der Waals surface area contributed by atoms with Crippen molar-refractivity contribution in [3.05, 3.63) is 53.6 Å². The van der Waals surface area contributed by atoms with Gasteiger partial charge in [-0.3, -0.25) is 9.82 Å². The van der Waals surface area contributed by atoms with Crippen molar-refractivity contribution < 1.29 is 8.42 Å². The van der Waals surface area contributed by atoms with E-state index in [-0.39, 0.29) is 4.90 Å². The number of benzene rings is 2. The molecule has 0 saturated heterocycles. The van der Waals surface area contributed by atoms with Gasteiger partial charge < -0.3 is 0 Å². The Morgan fingerprint density at radius 2 is 1.86 bits per heavy atom. The van der Waals surface area contributed by atoms with E-state index in [0.29, 0.717) is 11.4 Å². The van der Waals surface area contributed by atoms with Gasteiger partial charge in [0, 0.05) is 5.39 Å². The summed E-state index contributed by atoms with van der Waals surface area (Å²) in [6.45, 7) is 3.71. The lowest BCUT2D eigenvalue weighted by Crippen LogP contribution is -2.14. The Morgan fingerprint density at radius 3 is 2.62 bits per heavy atom. The second-order valence-corrected chi connectivity index (χ2v) is 6.64. The zero-order valence-corrected chi connectivity index (χ0v) is 12.5. The maximum absolute atomic E-state index is 12.5. The van der Waals surface area contributed by atoms with Crippen LogP contribution in [0, 0.1) is 13.8 Å². The number of anilines is 1. The van der Waals surface area contributed by atoms with Crippen LogP contribution >= 0.6 is 0 Å². The van der Waals surface area contributed by atoms with Crippen LogP contribution in [0.1, 0.15) is 11.1 Å². The maximum atomic E-state index is 12.5. The second kappa shape index (κ2) is 4.89.